The molecule has 0 saturated heterocycles. The van der Waals surface area contributed by atoms with E-state index in [1.54, 1.807) is 11.3 Å². The third kappa shape index (κ3) is 2.81. The Kier molecular flexibility index (Phi) is 3.52. The quantitative estimate of drug-likeness (QED) is 0.549. The maximum absolute atomic E-state index is 4.75. The minimum absolute atomic E-state index is 0.758. The number of aromatic nitrogens is 2. The second-order valence-electron chi connectivity index (χ2n) is 5.38. The molecule has 0 amide bonds. The number of para-hydroxylation sites is 1. The largest absolute Gasteiger partial charge is 0.340 e. The summed E-state index contributed by atoms with van der Waals surface area (Å²) in [5.41, 5.74) is 3.21. The van der Waals surface area contributed by atoms with Crippen LogP contribution < -0.4 is 5.32 Å². The molecule has 0 bridgehead atoms. The average Bonchev–Trinajstić information content (AvgIpc) is 3.11. The van der Waals surface area contributed by atoms with Gasteiger partial charge in [-0.1, -0.05) is 35.9 Å². The van der Waals surface area contributed by atoms with Crippen molar-refractivity contribution in [3.05, 3.63) is 71.6 Å². The van der Waals surface area contributed by atoms with E-state index in [0.29, 0.717) is 0 Å². The highest BCUT2D eigenvalue weighted by molar-refractivity contribution is 7.13. The van der Waals surface area contributed by atoms with Gasteiger partial charge in [0.15, 0.2) is 5.82 Å². The zero-order chi connectivity index (χ0) is 15.6. The van der Waals surface area contributed by atoms with Gasteiger partial charge in [-0.25, -0.2) is 9.97 Å². The van der Waals surface area contributed by atoms with Crippen LogP contribution in [0.2, 0.25) is 0 Å². The number of hydrogen-bond acceptors (Lipinski definition) is 4. The number of hydrogen-bond donors (Lipinski definition) is 1. The van der Waals surface area contributed by atoms with Gasteiger partial charge in [0.1, 0.15) is 5.82 Å². The SMILES string of the molecule is Cc1ccc(Nc2nc(-c3cccs3)nc3ccccc23)cc1. The number of fused-ring (bicyclic) bond motifs is 1. The number of thiophene rings is 1. The predicted molar refractivity (Wildman–Crippen MR) is 97.3 cm³/mol. The second kappa shape index (κ2) is 5.82. The number of rotatable bonds is 3. The second-order valence-corrected chi connectivity index (χ2v) is 6.33. The molecule has 0 radical (unpaired) electrons. The molecule has 0 atom stereocenters. The van der Waals surface area contributed by atoms with Crippen molar-refractivity contribution in [2.24, 2.45) is 0 Å². The van der Waals surface area contributed by atoms with Crippen LogP contribution in [0.25, 0.3) is 21.6 Å². The maximum Gasteiger partial charge on any atom is 0.172 e. The fourth-order valence-electron chi connectivity index (χ4n) is 2.46. The van der Waals surface area contributed by atoms with E-state index in [0.717, 1.165) is 33.1 Å². The topological polar surface area (TPSA) is 37.8 Å². The summed E-state index contributed by atoms with van der Waals surface area (Å²) in [6, 6.07) is 20.5. The molecule has 3 nitrogen and oxygen atoms in total. The molecule has 4 rings (SSSR count). The van der Waals surface area contributed by atoms with E-state index in [9.17, 15) is 0 Å². The van der Waals surface area contributed by atoms with E-state index in [4.69, 9.17) is 9.97 Å². The molecule has 23 heavy (non-hydrogen) atoms. The van der Waals surface area contributed by atoms with Crippen LogP contribution in [0, 0.1) is 6.92 Å². The minimum Gasteiger partial charge on any atom is -0.340 e. The van der Waals surface area contributed by atoms with Gasteiger partial charge >= 0.3 is 0 Å². The highest BCUT2D eigenvalue weighted by atomic mass is 32.1. The monoisotopic (exact) mass is 317 g/mol. The smallest absolute Gasteiger partial charge is 0.172 e. The number of aryl methyl sites for hydroxylation is 1. The molecular weight excluding hydrogens is 302 g/mol. The first-order chi connectivity index (χ1) is 11.3. The number of anilines is 2. The molecule has 0 aliphatic heterocycles. The zero-order valence-electron chi connectivity index (χ0n) is 12.7. The summed E-state index contributed by atoms with van der Waals surface area (Å²) in [7, 11) is 0. The summed E-state index contributed by atoms with van der Waals surface area (Å²) in [4.78, 5) is 10.5. The molecule has 4 aromatic rings. The molecular formula is C19H15N3S. The van der Waals surface area contributed by atoms with Crippen molar-refractivity contribution in [2.75, 3.05) is 5.32 Å². The molecule has 112 valence electrons. The van der Waals surface area contributed by atoms with Crippen LogP contribution in [0.5, 0.6) is 0 Å². The Morgan fingerprint density at radius 2 is 1.70 bits per heavy atom. The molecule has 0 unspecified atom stereocenters. The predicted octanol–water partition coefficient (Wildman–Crippen LogP) is 5.41. The Labute approximate surface area is 138 Å². The molecule has 2 aromatic carbocycles. The summed E-state index contributed by atoms with van der Waals surface area (Å²) in [6.45, 7) is 2.08. The van der Waals surface area contributed by atoms with Gasteiger partial charge in [0.25, 0.3) is 0 Å². The third-order valence-electron chi connectivity index (χ3n) is 3.66. The van der Waals surface area contributed by atoms with Gasteiger partial charge in [0.2, 0.25) is 0 Å². The molecule has 0 aliphatic rings. The van der Waals surface area contributed by atoms with Crippen LogP contribution in [-0.4, -0.2) is 9.97 Å². The highest BCUT2D eigenvalue weighted by Crippen LogP contribution is 2.29. The Balaban J connectivity index is 1.84. The standard InChI is InChI=1S/C19H15N3S/c1-13-8-10-14(11-9-13)20-18-15-5-2-3-6-16(15)21-19(22-18)17-7-4-12-23-17/h2-12H,1H3,(H,20,21,22). The van der Waals surface area contributed by atoms with E-state index in [-0.39, 0.29) is 0 Å². The number of benzene rings is 2. The summed E-state index contributed by atoms with van der Waals surface area (Å²) in [6.07, 6.45) is 0. The van der Waals surface area contributed by atoms with Gasteiger partial charge < -0.3 is 5.32 Å². The summed E-state index contributed by atoms with van der Waals surface area (Å²) >= 11 is 1.65. The maximum atomic E-state index is 4.75. The van der Waals surface area contributed by atoms with Crippen LogP contribution in [0.4, 0.5) is 11.5 Å². The molecule has 2 heterocycles. The highest BCUT2D eigenvalue weighted by Gasteiger charge is 2.10. The van der Waals surface area contributed by atoms with Crippen molar-refractivity contribution in [3.8, 4) is 10.7 Å². The number of nitrogens with zero attached hydrogens (tertiary/aromatic N) is 2. The Hall–Kier alpha value is -2.72. The van der Waals surface area contributed by atoms with E-state index in [1.807, 2.05) is 41.8 Å². The molecule has 2 aromatic heterocycles. The van der Waals surface area contributed by atoms with Crippen LogP contribution in [0.1, 0.15) is 5.56 Å². The first-order valence-electron chi connectivity index (χ1n) is 7.44. The lowest BCUT2D eigenvalue weighted by Gasteiger charge is -2.10. The van der Waals surface area contributed by atoms with Gasteiger partial charge in [-0.2, -0.15) is 0 Å². The van der Waals surface area contributed by atoms with Crippen molar-refractivity contribution in [3.63, 3.8) is 0 Å². The van der Waals surface area contributed by atoms with Gasteiger partial charge in [-0.3, -0.25) is 0 Å². The molecule has 0 spiro atoms. The summed E-state index contributed by atoms with van der Waals surface area (Å²) in [5, 5.41) is 6.49. The van der Waals surface area contributed by atoms with Crippen molar-refractivity contribution >= 4 is 33.7 Å². The van der Waals surface area contributed by atoms with E-state index in [1.165, 1.54) is 5.56 Å². The lowest BCUT2D eigenvalue weighted by Crippen LogP contribution is -1.98. The first kappa shape index (κ1) is 13.9. The molecule has 0 fully saturated rings. The van der Waals surface area contributed by atoms with Gasteiger partial charge in [0.05, 0.1) is 10.4 Å². The lowest BCUT2D eigenvalue weighted by molar-refractivity contribution is 1.23. The van der Waals surface area contributed by atoms with Crippen LogP contribution in [0.3, 0.4) is 0 Å². The Morgan fingerprint density at radius 3 is 2.48 bits per heavy atom. The normalized spacial score (nSPS) is 10.8. The molecule has 0 aliphatic carbocycles. The Bertz CT molecular complexity index is 944. The van der Waals surface area contributed by atoms with Crippen LogP contribution >= 0.6 is 11.3 Å². The third-order valence-corrected chi connectivity index (χ3v) is 4.52. The fraction of sp³-hybridized carbons (Fsp3) is 0.0526. The van der Waals surface area contributed by atoms with Crippen molar-refractivity contribution in [1.82, 2.24) is 9.97 Å². The van der Waals surface area contributed by atoms with Crippen molar-refractivity contribution in [2.45, 2.75) is 6.92 Å². The zero-order valence-corrected chi connectivity index (χ0v) is 13.5. The lowest BCUT2D eigenvalue weighted by atomic mass is 10.2. The summed E-state index contributed by atoms with van der Waals surface area (Å²) in [5.74, 6) is 1.59. The molecule has 0 saturated carbocycles. The molecule has 1 N–H and O–H groups in total. The number of nitrogens with one attached hydrogen (secondary N) is 1. The van der Waals surface area contributed by atoms with E-state index < -0.39 is 0 Å². The Morgan fingerprint density at radius 1 is 0.870 bits per heavy atom. The van der Waals surface area contributed by atoms with Gasteiger partial charge in [-0.05, 0) is 42.6 Å². The fourth-order valence-corrected chi connectivity index (χ4v) is 3.12. The van der Waals surface area contributed by atoms with Crippen molar-refractivity contribution in [1.29, 1.82) is 0 Å². The van der Waals surface area contributed by atoms with Gasteiger partial charge in [-0.15, -0.1) is 11.3 Å². The van der Waals surface area contributed by atoms with Crippen molar-refractivity contribution < 1.29 is 0 Å². The van der Waals surface area contributed by atoms with E-state index >= 15 is 0 Å². The van der Waals surface area contributed by atoms with Gasteiger partial charge in [0, 0.05) is 11.1 Å². The van der Waals surface area contributed by atoms with E-state index in [2.05, 4.69) is 36.5 Å². The summed E-state index contributed by atoms with van der Waals surface area (Å²) < 4.78 is 0. The molecule has 4 heteroatoms. The minimum atomic E-state index is 0.758. The first-order valence-corrected chi connectivity index (χ1v) is 8.32. The van der Waals surface area contributed by atoms with Crippen LogP contribution in [-0.2, 0) is 0 Å². The average molecular weight is 317 g/mol. The van der Waals surface area contributed by atoms with Crippen LogP contribution in [0.15, 0.2) is 66.0 Å².